The molecule has 1 aromatic carbocycles. The molecule has 0 saturated carbocycles. The third-order valence-corrected chi connectivity index (χ3v) is 4.29. The van der Waals surface area contributed by atoms with E-state index in [0.29, 0.717) is 44.8 Å². The number of nitrogens with one attached hydrogen (secondary N) is 1. The van der Waals surface area contributed by atoms with Crippen LogP contribution < -0.4 is 5.32 Å². The van der Waals surface area contributed by atoms with Crippen molar-refractivity contribution in [2.24, 2.45) is 0 Å². The highest BCUT2D eigenvalue weighted by Crippen LogP contribution is 2.31. The third kappa shape index (κ3) is 4.06. The summed E-state index contributed by atoms with van der Waals surface area (Å²) in [6.45, 7) is 2.76. The van der Waals surface area contributed by atoms with Gasteiger partial charge in [-0.25, -0.2) is 0 Å². The fourth-order valence-corrected chi connectivity index (χ4v) is 2.98. The maximum absolute atomic E-state index is 12.5. The molecule has 0 aliphatic carbocycles. The van der Waals surface area contributed by atoms with E-state index < -0.39 is 17.5 Å². The van der Waals surface area contributed by atoms with Gasteiger partial charge in [0.1, 0.15) is 0 Å². The molecule has 2 aliphatic rings. The van der Waals surface area contributed by atoms with Gasteiger partial charge < -0.3 is 14.8 Å². The molecule has 0 aromatic heterocycles. The van der Waals surface area contributed by atoms with Crippen LogP contribution in [-0.4, -0.2) is 49.4 Å². The second-order valence-corrected chi connectivity index (χ2v) is 6.01. The van der Waals surface area contributed by atoms with Crippen molar-refractivity contribution in [1.82, 2.24) is 4.90 Å². The van der Waals surface area contributed by atoms with Crippen LogP contribution in [0.1, 0.15) is 18.4 Å². The summed E-state index contributed by atoms with van der Waals surface area (Å²) in [5.74, 6) is -0.737. The Kier molecular flexibility index (Phi) is 4.80. The Hall–Kier alpha value is -1.64. The molecular weight excluding hydrogens is 325 g/mol. The molecule has 2 aliphatic heterocycles. The highest BCUT2D eigenvalue weighted by Gasteiger charge is 2.39. The summed E-state index contributed by atoms with van der Waals surface area (Å²) in [5.41, 5.74) is -0.387. The first-order valence-corrected chi connectivity index (χ1v) is 7.84. The fraction of sp³-hybridized carbons (Fsp3) is 0.562. The summed E-state index contributed by atoms with van der Waals surface area (Å²) in [7, 11) is 0. The van der Waals surface area contributed by atoms with E-state index >= 15 is 0 Å². The number of rotatable bonds is 3. The Balaban J connectivity index is 1.47. The quantitative estimate of drug-likeness (QED) is 0.915. The molecule has 24 heavy (non-hydrogen) atoms. The molecule has 2 heterocycles. The minimum absolute atomic E-state index is 0.192. The number of hydrogen-bond donors (Lipinski definition) is 1. The van der Waals surface area contributed by atoms with Crippen molar-refractivity contribution >= 4 is 11.6 Å². The van der Waals surface area contributed by atoms with Gasteiger partial charge in [-0.15, -0.1) is 0 Å². The zero-order valence-corrected chi connectivity index (χ0v) is 13.1. The number of likely N-dealkylation sites (tertiary alicyclic amines) is 1. The number of alkyl halides is 3. The Morgan fingerprint density at radius 2 is 1.71 bits per heavy atom. The Labute approximate surface area is 137 Å². The standard InChI is InChI=1S/C16H19F3N2O3/c17-16(18,19)12-1-3-13(4-2-12)20-14(22)11-21-7-5-15(6-8-21)23-9-10-24-15/h1-4H,5-11H2,(H,20,22). The summed E-state index contributed by atoms with van der Waals surface area (Å²) in [5, 5.41) is 2.62. The first-order valence-electron chi connectivity index (χ1n) is 7.84. The molecule has 1 aromatic rings. The molecule has 2 saturated heterocycles. The van der Waals surface area contributed by atoms with E-state index in [1.54, 1.807) is 0 Å². The van der Waals surface area contributed by atoms with Crippen molar-refractivity contribution in [3.05, 3.63) is 29.8 Å². The van der Waals surface area contributed by atoms with Crippen LogP contribution >= 0.6 is 0 Å². The number of piperidine rings is 1. The molecule has 8 heteroatoms. The molecular formula is C16H19F3N2O3. The molecule has 5 nitrogen and oxygen atoms in total. The number of amides is 1. The Morgan fingerprint density at radius 3 is 2.25 bits per heavy atom. The normalized spacial score (nSPS) is 21.1. The fourth-order valence-electron chi connectivity index (χ4n) is 2.98. The van der Waals surface area contributed by atoms with E-state index in [0.717, 1.165) is 12.1 Å². The minimum Gasteiger partial charge on any atom is -0.347 e. The molecule has 3 rings (SSSR count). The van der Waals surface area contributed by atoms with Crippen molar-refractivity contribution < 1.29 is 27.4 Å². The van der Waals surface area contributed by atoms with Crippen LogP contribution in [0.25, 0.3) is 0 Å². The van der Waals surface area contributed by atoms with E-state index in [1.807, 2.05) is 4.90 Å². The van der Waals surface area contributed by atoms with Gasteiger partial charge in [-0.2, -0.15) is 13.2 Å². The number of carbonyl (C=O) groups is 1. The first-order chi connectivity index (χ1) is 11.4. The smallest absolute Gasteiger partial charge is 0.347 e. The van der Waals surface area contributed by atoms with E-state index in [9.17, 15) is 18.0 Å². The Bertz CT molecular complexity index is 573. The average Bonchev–Trinajstić information content (AvgIpc) is 2.98. The lowest BCUT2D eigenvalue weighted by molar-refractivity contribution is -0.185. The molecule has 0 unspecified atom stereocenters. The van der Waals surface area contributed by atoms with Gasteiger partial charge in [0.2, 0.25) is 5.91 Å². The van der Waals surface area contributed by atoms with Crippen LogP contribution in [0.5, 0.6) is 0 Å². The van der Waals surface area contributed by atoms with Crippen LogP contribution in [0.15, 0.2) is 24.3 Å². The molecule has 1 N–H and O–H groups in total. The van der Waals surface area contributed by atoms with Crippen molar-refractivity contribution in [3.63, 3.8) is 0 Å². The highest BCUT2D eigenvalue weighted by molar-refractivity contribution is 5.92. The van der Waals surface area contributed by atoms with E-state index in [2.05, 4.69) is 5.32 Å². The van der Waals surface area contributed by atoms with Gasteiger partial charge in [0.15, 0.2) is 5.79 Å². The van der Waals surface area contributed by atoms with E-state index in [-0.39, 0.29) is 12.5 Å². The number of carbonyl (C=O) groups excluding carboxylic acids is 1. The monoisotopic (exact) mass is 344 g/mol. The summed E-state index contributed by atoms with van der Waals surface area (Å²) >= 11 is 0. The largest absolute Gasteiger partial charge is 0.416 e. The first kappa shape index (κ1) is 17.2. The summed E-state index contributed by atoms with van der Waals surface area (Å²) in [6, 6.07) is 4.42. The van der Waals surface area contributed by atoms with Crippen LogP contribution in [0.4, 0.5) is 18.9 Å². The van der Waals surface area contributed by atoms with Gasteiger partial charge in [-0.05, 0) is 24.3 Å². The van der Waals surface area contributed by atoms with Crippen LogP contribution in [0.3, 0.4) is 0 Å². The second-order valence-electron chi connectivity index (χ2n) is 6.01. The van der Waals surface area contributed by atoms with E-state index in [1.165, 1.54) is 12.1 Å². The number of halogens is 3. The summed E-state index contributed by atoms with van der Waals surface area (Å²) < 4.78 is 48.8. The SMILES string of the molecule is O=C(CN1CCC2(CC1)OCCO2)Nc1ccc(C(F)(F)F)cc1. The van der Waals surface area contributed by atoms with Crippen LogP contribution in [0.2, 0.25) is 0 Å². The molecule has 1 spiro atoms. The van der Waals surface area contributed by atoms with Crippen LogP contribution in [-0.2, 0) is 20.4 Å². The molecule has 132 valence electrons. The van der Waals surface area contributed by atoms with Crippen molar-refractivity contribution in [2.45, 2.75) is 24.8 Å². The number of hydrogen-bond acceptors (Lipinski definition) is 4. The zero-order chi connectivity index (χ0) is 17.2. The van der Waals surface area contributed by atoms with Crippen LogP contribution in [0, 0.1) is 0 Å². The summed E-state index contributed by atoms with van der Waals surface area (Å²) in [4.78, 5) is 14.0. The number of anilines is 1. The van der Waals surface area contributed by atoms with Gasteiger partial charge in [0.25, 0.3) is 0 Å². The molecule has 0 bridgehead atoms. The van der Waals surface area contributed by atoms with Gasteiger partial charge in [-0.1, -0.05) is 0 Å². The van der Waals surface area contributed by atoms with Gasteiger partial charge >= 0.3 is 6.18 Å². The zero-order valence-electron chi connectivity index (χ0n) is 13.1. The van der Waals surface area contributed by atoms with E-state index in [4.69, 9.17) is 9.47 Å². The predicted molar refractivity (Wildman–Crippen MR) is 80.4 cm³/mol. The second kappa shape index (κ2) is 6.70. The molecule has 0 atom stereocenters. The maximum Gasteiger partial charge on any atom is 0.416 e. The number of benzene rings is 1. The molecule has 1 amide bonds. The van der Waals surface area contributed by atoms with Crippen molar-refractivity contribution in [3.8, 4) is 0 Å². The maximum atomic E-state index is 12.5. The lowest BCUT2D eigenvalue weighted by Gasteiger charge is -2.37. The van der Waals surface area contributed by atoms with Gasteiger partial charge in [-0.3, -0.25) is 9.69 Å². The third-order valence-electron chi connectivity index (χ3n) is 4.29. The van der Waals surface area contributed by atoms with Crippen molar-refractivity contribution in [2.75, 3.05) is 38.2 Å². The Morgan fingerprint density at radius 1 is 1.12 bits per heavy atom. The lowest BCUT2D eigenvalue weighted by Crippen LogP contribution is -2.47. The highest BCUT2D eigenvalue weighted by atomic mass is 19.4. The summed E-state index contributed by atoms with van der Waals surface area (Å²) in [6.07, 6.45) is -2.96. The average molecular weight is 344 g/mol. The lowest BCUT2D eigenvalue weighted by atomic mass is 10.0. The molecule has 0 radical (unpaired) electrons. The number of nitrogens with zero attached hydrogens (tertiary/aromatic N) is 1. The van der Waals surface area contributed by atoms with Crippen molar-refractivity contribution in [1.29, 1.82) is 0 Å². The topological polar surface area (TPSA) is 50.8 Å². The predicted octanol–water partition coefficient (Wildman–Crippen LogP) is 2.48. The molecule has 2 fully saturated rings. The van der Waals surface area contributed by atoms with Gasteiger partial charge in [0, 0.05) is 31.6 Å². The van der Waals surface area contributed by atoms with Gasteiger partial charge in [0.05, 0.1) is 25.3 Å². The minimum atomic E-state index is -4.38. The number of ether oxygens (including phenoxy) is 2.